The van der Waals surface area contributed by atoms with E-state index in [-0.39, 0.29) is 5.38 Å². The Labute approximate surface area is 96.4 Å². The van der Waals surface area contributed by atoms with Gasteiger partial charge >= 0.3 is 0 Å². The molecule has 0 bridgehead atoms. The number of thiazole rings is 1. The minimum absolute atomic E-state index is 0.0773. The maximum absolute atomic E-state index is 6.30. The van der Waals surface area contributed by atoms with Crippen molar-refractivity contribution < 1.29 is 0 Å². The molecule has 2 rings (SSSR count). The number of halogens is 1. The molecule has 1 unspecified atom stereocenters. The zero-order valence-electron chi connectivity index (χ0n) is 7.74. The van der Waals surface area contributed by atoms with Crippen LogP contribution in [0.15, 0.2) is 23.0 Å². The van der Waals surface area contributed by atoms with E-state index in [1.54, 1.807) is 22.7 Å². The van der Waals surface area contributed by atoms with Crippen LogP contribution >= 0.6 is 34.3 Å². The van der Waals surface area contributed by atoms with Crippen LogP contribution in [-0.4, -0.2) is 4.98 Å². The predicted octanol–water partition coefficient (Wildman–Crippen LogP) is 4.10. The number of aryl methyl sites for hydroxylation is 1. The third-order valence-corrected chi connectivity index (χ3v) is 4.48. The monoisotopic (exact) mass is 243 g/mol. The molecule has 2 aromatic rings. The van der Waals surface area contributed by atoms with E-state index < -0.39 is 0 Å². The molecule has 0 saturated carbocycles. The average Bonchev–Trinajstić information content (AvgIpc) is 2.88. The summed E-state index contributed by atoms with van der Waals surface area (Å²) in [6.45, 7) is 2.15. The largest absolute Gasteiger partial charge is 0.248 e. The van der Waals surface area contributed by atoms with Crippen molar-refractivity contribution in [2.45, 2.75) is 18.7 Å². The highest BCUT2D eigenvalue weighted by molar-refractivity contribution is 7.12. The van der Waals surface area contributed by atoms with Crippen molar-refractivity contribution in [1.29, 1.82) is 0 Å². The molecule has 0 amide bonds. The van der Waals surface area contributed by atoms with E-state index in [1.807, 2.05) is 10.9 Å². The zero-order chi connectivity index (χ0) is 9.97. The van der Waals surface area contributed by atoms with Crippen molar-refractivity contribution in [1.82, 2.24) is 4.98 Å². The Bertz CT molecular complexity index is 394. The van der Waals surface area contributed by atoms with Gasteiger partial charge in [-0.2, -0.15) is 0 Å². The minimum Gasteiger partial charge on any atom is -0.248 e. The van der Waals surface area contributed by atoms with Crippen LogP contribution in [0.2, 0.25) is 0 Å². The molecule has 74 valence electrons. The Morgan fingerprint density at radius 1 is 1.50 bits per heavy atom. The normalized spacial score (nSPS) is 13.0. The summed E-state index contributed by atoms with van der Waals surface area (Å²) in [5, 5.41) is 1.93. The van der Waals surface area contributed by atoms with Crippen molar-refractivity contribution in [2.24, 2.45) is 0 Å². The molecular weight excluding hydrogens is 234 g/mol. The molecule has 14 heavy (non-hydrogen) atoms. The molecule has 1 atom stereocenters. The molecule has 0 aliphatic rings. The lowest BCUT2D eigenvalue weighted by molar-refractivity contribution is 1.09. The second-order valence-corrected chi connectivity index (χ2v) is 5.29. The van der Waals surface area contributed by atoms with Crippen LogP contribution < -0.4 is 0 Å². The van der Waals surface area contributed by atoms with Crippen molar-refractivity contribution in [2.75, 3.05) is 0 Å². The van der Waals surface area contributed by atoms with Crippen molar-refractivity contribution in [3.05, 3.63) is 38.5 Å². The standard InChI is InChI=1S/C10H10ClNS2/c1-2-7-3-4-9(14-7)10(11)8-5-13-6-12-8/h3-6,10H,2H2,1H3. The summed E-state index contributed by atoms with van der Waals surface area (Å²) >= 11 is 9.65. The van der Waals surface area contributed by atoms with Gasteiger partial charge in [-0.1, -0.05) is 6.92 Å². The molecule has 0 aliphatic heterocycles. The van der Waals surface area contributed by atoms with Crippen LogP contribution in [0.3, 0.4) is 0 Å². The summed E-state index contributed by atoms with van der Waals surface area (Å²) in [7, 11) is 0. The minimum atomic E-state index is -0.0773. The van der Waals surface area contributed by atoms with E-state index in [0.717, 1.165) is 12.1 Å². The molecule has 0 fully saturated rings. The molecule has 0 radical (unpaired) electrons. The van der Waals surface area contributed by atoms with Crippen LogP contribution in [0, 0.1) is 0 Å². The summed E-state index contributed by atoms with van der Waals surface area (Å²) in [5.74, 6) is 0. The van der Waals surface area contributed by atoms with E-state index in [4.69, 9.17) is 11.6 Å². The number of alkyl halides is 1. The third-order valence-electron chi connectivity index (χ3n) is 1.99. The van der Waals surface area contributed by atoms with Crippen LogP contribution in [0.4, 0.5) is 0 Å². The smallest absolute Gasteiger partial charge is 0.111 e. The van der Waals surface area contributed by atoms with Gasteiger partial charge in [0.1, 0.15) is 5.38 Å². The number of nitrogens with zero attached hydrogens (tertiary/aromatic N) is 1. The second kappa shape index (κ2) is 4.43. The average molecular weight is 244 g/mol. The lowest BCUT2D eigenvalue weighted by Gasteiger charge is -2.01. The highest BCUT2D eigenvalue weighted by Crippen LogP contribution is 2.33. The van der Waals surface area contributed by atoms with Gasteiger partial charge in [0.25, 0.3) is 0 Å². The summed E-state index contributed by atoms with van der Waals surface area (Å²) in [5.41, 5.74) is 2.78. The SMILES string of the molecule is CCc1ccc(C(Cl)c2cscn2)s1. The highest BCUT2D eigenvalue weighted by atomic mass is 35.5. The van der Waals surface area contributed by atoms with E-state index in [2.05, 4.69) is 24.0 Å². The van der Waals surface area contributed by atoms with Crippen LogP contribution in [0.5, 0.6) is 0 Å². The van der Waals surface area contributed by atoms with Gasteiger partial charge in [-0.15, -0.1) is 34.3 Å². The number of thiophene rings is 1. The fraction of sp³-hybridized carbons (Fsp3) is 0.300. The van der Waals surface area contributed by atoms with Crippen LogP contribution in [-0.2, 0) is 6.42 Å². The highest BCUT2D eigenvalue weighted by Gasteiger charge is 2.14. The first-order chi connectivity index (χ1) is 6.81. The topological polar surface area (TPSA) is 12.9 Å². The van der Waals surface area contributed by atoms with E-state index in [9.17, 15) is 0 Å². The molecule has 2 aromatic heterocycles. The number of aromatic nitrogens is 1. The summed E-state index contributed by atoms with van der Waals surface area (Å²) < 4.78 is 0. The molecule has 0 spiro atoms. The maximum Gasteiger partial charge on any atom is 0.111 e. The first-order valence-electron chi connectivity index (χ1n) is 4.42. The summed E-state index contributed by atoms with van der Waals surface area (Å²) in [4.78, 5) is 6.79. The second-order valence-electron chi connectivity index (χ2n) is 2.93. The van der Waals surface area contributed by atoms with Gasteiger partial charge in [0.15, 0.2) is 0 Å². The van der Waals surface area contributed by atoms with E-state index in [0.29, 0.717) is 0 Å². The Balaban J connectivity index is 2.23. The number of hydrogen-bond acceptors (Lipinski definition) is 3. The van der Waals surface area contributed by atoms with Gasteiger partial charge in [0.05, 0.1) is 11.2 Å². The molecule has 4 heteroatoms. The number of hydrogen-bond donors (Lipinski definition) is 0. The number of rotatable bonds is 3. The maximum atomic E-state index is 6.30. The van der Waals surface area contributed by atoms with Crippen molar-refractivity contribution in [3.63, 3.8) is 0 Å². The molecule has 0 saturated heterocycles. The Kier molecular flexibility index (Phi) is 3.21. The Morgan fingerprint density at radius 2 is 2.36 bits per heavy atom. The van der Waals surface area contributed by atoms with Crippen molar-refractivity contribution >= 4 is 34.3 Å². The van der Waals surface area contributed by atoms with Crippen molar-refractivity contribution in [3.8, 4) is 0 Å². The van der Waals surface area contributed by atoms with Gasteiger partial charge in [-0.05, 0) is 18.6 Å². The van der Waals surface area contributed by atoms with E-state index >= 15 is 0 Å². The van der Waals surface area contributed by atoms with Gasteiger partial charge in [-0.3, -0.25) is 0 Å². The molecule has 2 heterocycles. The third kappa shape index (κ3) is 2.00. The van der Waals surface area contributed by atoms with Gasteiger partial charge < -0.3 is 0 Å². The van der Waals surface area contributed by atoms with Crippen LogP contribution in [0.25, 0.3) is 0 Å². The molecule has 0 aromatic carbocycles. The molecule has 1 nitrogen and oxygen atoms in total. The first kappa shape index (κ1) is 10.1. The quantitative estimate of drug-likeness (QED) is 0.740. The van der Waals surface area contributed by atoms with Gasteiger partial charge in [0, 0.05) is 15.1 Å². The first-order valence-corrected chi connectivity index (χ1v) is 6.61. The Hall–Kier alpha value is -0.380. The fourth-order valence-corrected chi connectivity index (χ4v) is 3.14. The summed E-state index contributed by atoms with van der Waals surface area (Å²) in [6, 6.07) is 4.24. The lowest BCUT2D eigenvalue weighted by Crippen LogP contribution is -1.88. The molecule has 0 N–H and O–H groups in total. The van der Waals surface area contributed by atoms with Gasteiger partial charge in [-0.25, -0.2) is 4.98 Å². The zero-order valence-corrected chi connectivity index (χ0v) is 10.1. The van der Waals surface area contributed by atoms with Crippen LogP contribution in [0.1, 0.15) is 27.7 Å². The Morgan fingerprint density at radius 3 is 2.93 bits per heavy atom. The van der Waals surface area contributed by atoms with E-state index in [1.165, 1.54) is 9.75 Å². The predicted molar refractivity (Wildman–Crippen MR) is 63.5 cm³/mol. The molecule has 0 aliphatic carbocycles. The van der Waals surface area contributed by atoms with Gasteiger partial charge in [0.2, 0.25) is 0 Å². The fourth-order valence-electron chi connectivity index (χ4n) is 1.21. The summed E-state index contributed by atoms with van der Waals surface area (Å²) in [6.07, 6.45) is 1.07. The lowest BCUT2D eigenvalue weighted by atomic mass is 10.3. The molecular formula is C10H10ClNS2.